The average molecular weight is 348 g/mol. The van der Waals surface area contributed by atoms with Crippen LogP contribution in [0.3, 0.4) is 0 Å². The molecule has 0 saturated heterocycles. The fraction of sp³-hybridized carbons (Fsp3) is 0.176. The third-order valence-corrected chi connectivity index (χ3v) is 4.28. The predicted molar refractivity (Wildman–Crippen MR) is 89.3 cm³/mol. The van der Waals surface area contributed by atoms with Gasteiger partial charge in [-0.1, -0.05) is 30.4 Å². The molecule has 0 spiro atoms. The van der Waals surface area contributed by atoms with Crippen LogP contribution in [0.5, 0.6) is 5.75 Å². The monoisotopic (exact) mass is 348 g/mol. The Labute approximate surface area is 141 Å². The van der Waals surface area contributed by atoms with E-state index in [1.54, 1.807) is 25.1 Å². The molecule has 1 N–H and O–H groups in total. The van der Waals surface area contributed by atoms with E-state index in [2.05, 4.69) is 10.3 Å². The van der Waals surface area contributed by atoms with E-state index < -0.39 is 17.8 Å². The summed E-state index contributed by atoms with van der Waals surface area (Å²) in [7, 11) is 0. The van der Waals surface area contributed by atoms with E-state index in [9.17, 15) is 13.6 Å². The fourth-order valence-corrected chi connectivity index (χ4v) is 3.05. The minimum atomic E-state index is -0.856. The summed E-state index contributed by atoms with van der Waals surface area (Å²) < 4.78 is 32.9. The second kappa shape index (κ2) is 6.92. The zero-order valence-electron chi connectivity index (χ0n) is 12.8. The van der Waals surface area contributed by atoms with Gasteiger partial charge in [-0.2, -0.15) is 0 Å². The number of ether oxygens (including phenoxy) is 1. The number of amides is 1. The first-order chi connectivity index (χ1) is 11.6. The van der Waals surface area contributed by atoms with E-state index in [0.717, 1.165) is 11.3 Å². The minimum Gasteiger partial charge on any atom is -0.478 e. The Balaban J connectivity index is 1.75. The number of fused-ring (bicyclic) bond motifs is 1. The highest BCUT2D eigenvalue weighted by molar-refractivity contribution is 7.22. The number of anilines is 1. The van der Waals surface area contributed by atoms with Crippen LogP contribution in [0.1, 0.15) is 13.3 Å². The number of carbonyl (C=O) groups is 1. The highest BCUT2D eigenvalue weighted by Gasteiger charge is 2.21. The summed E-state index contributed by atoms with van der Waals surface area (Å²) in [6.07, 6.45) is -0.495. The fourth-order valence-electron chi connectivity index (χ4n) is 2.15. The molecule has 0 radical (unpaired) electrons. The van der Waals surface area contributed by atoms with Gasteiger partial charge >= 0.3 is 0 Å². The highest BCUT2D eigenvalue weighted by atomic mass is 32.1. The Morgan fingerprint density at radius 2 is 2.08 bits per heavy atom. The second-order valence-electron chi connectivity index (χ2n) is 5.07. The molecule has 0 aliphatic heterocycles. The smallest absolute Gasteiger partial charge is 0.267 e. The van der Waals surface area contributed by atoms with Crippen LogP contribution in [-0.4, -0.2) is 17.0 Å². The van der Waals surface area contributed by atoms with Crippen LogP contribution in [0, 0.1) is 11.6 Å². The molecule has 1 heterocycles. The standard InChI is InChI=1S/C17H14F2N2O2S/c1-2-13(23-14-6-4-3-5-11(14)19)16(22)21-17-20-12-8-7-10(18)9-15(12)24-17/h3-9,13H,2H2,1H3,(H,20,21,22)/t13-/m0/s1. The molecule has 124 valence electrons. The number of carbonyl (C=O) groups excluding carboxylic acids is 1. The molecule has 7 heteroatoms. The molecule has 0 fully saturated rings. The van der Waals surface area contributed by atoms with E-state index in [0.29, 0.717) is 21.8 Å². The van der Waals surface area contributed by atoms with E-state index in [-0.39, 0.29) is 11.6 Å². The van der Waals surface area contributed by atoms with E-state index in [1.165, 1.54) is 24.3 Å². The Morgan fingerprint density at radius 3 is 2.83 bits per heavy atom. The van der Waals surface area contributed by atoms with Crippen molar-refractivity contribution < 1.29 is 18.3 Å². The molecule has 3 aromatic rings. The molecule has 0 aliphatic rings. The van der Waals surface area contributed by atoms with Gasteiger partial charge in [0.2, 0.25) is 0 Å². The van der Waals surface area contributed by atoms with Crippen LogP contribution in [0.4, 0.5) is 13.9 Å². The lowest BCUT2D eigenvalue weighted by atomic mass is 10.2. The quantitative estimate of drug-likeness (QED) is 0.745. The van der Waals surface area contributed by atoms with Gasteiger partial charge < -0.3 is 4.74 Å². The maximum absolute atomic E-state index is 13.7. The number of para-hydroxylation sites is 1. The second-order valence-corrected chi connectivity index (χ2v) is 6.10. The summed E-state index contributed by atoms with van der Waals surface area (Å²) in [6.45, 7) is 1.76. The Kier molecular flexibility index (Phi) is 4.71. The van der Waals surface area contributed by atoms with E-state index in [4.69, 9.17) is 4.74 Å². The Bertz CT molecular complexity index is 882. The van der Waals surface area contributed by atoms with Gasteiger partial charge in [-0.25, -0.2) is 13.8 Å². The zero-order valence-corrected chi connectivity index (χ0v) is 13.6. The van der Waals surface area contributed by atoms with Gasteiger partial charge in [0.25, 0.3) is 5.91 Å². The minimum absolute atomic E-state index is 0.0193. The topological polar surface area (TPSA) is 51.2 Å². The van der Waals surface area contributed by atoms with Crippen molar-refractivity contribution in [1.82, 2.24) is 4.98 Å². The number of rotatable bonds is 5. The summed E-state index contributed by atoms with van der Waals surface area (Å²) in [6, 6.07) is 10.1. The third-order valence-electron chi connectivity index (χ3n) is 3.35. The van der Waals surface area contributed by atoms with Crippen LogP contribution in [-0.2, 0) is 4.79 Å². The summed E-state index contributed by atoms with van der Waals surface area (Å²) in [5, 5.41) is 2.98. The van der Waals surface area contributed by atoms with Crippen molar-refractivity contribution >= 4 is 32.6 Å². The zero-order chi connectivity index (χ0) is 17.1. The first kappa shape index (κ1) is 16.3. The lowest BCUT2D eigenvalue weighted by Gasteiger charge is -2.16. The molecular formula is C17H14F2N2O2S. The number of halogens is 2. The van der Waals surface area contributed by atoms with Gasteiger partial charge in [0.15, 0.2) is 22.8 Å². The number of benzene rings is 2. The molecule has 0 unspecified atom stereocenters. The first-order valence-corrected chi connectivity index (χ1v) is 8.16. The molecule has 0 saturated carbocycles. The van der Waals surface area contributed by atoms with Crippen molar-refractivity contribution in [3.8, 4) is 5.75 Å². The van der Waals surface area contributed by atoms with Crippen molar-refractivity contribution in [2.45, 2.75) is 19.4 Å². The van der Waals surface area contributed by atoms with Gasteiger partial charge in [-0.3, -0.25) is 10.1 Å². The number of nitrogens with zero attached hydrogens (tertiary/aromatic N) is 1. The number of hydrogen-bond acceptors (Lipinski definition) is 4. The molecule has 24 heavy (non-hydrogen) atoms. The van der Waals surface area contributed by atoms with Crippen molar-refractivity contribution in [1.29, 1.82) is 0 Å². The van der Waals surface area contributed by atoms with Crippen molar-refractivity contribution in [3.05, 3.63) is 54.1 Å². The SMILES string of the molecule is CC[C@H](Oc1ccccc1F)C(=O)Nc1nc2ccc(F)cc2s1. The molecule has 1 atom stereocenters. The maximum Gasteiger partial charge on any atom is 0.267 e. The molecule has 3 rings (SSSR count). The molecule has 1 aromatic heterocycles. The van der Waals surface area contributed by atoms with Crippen LogP contribution < -0.4 is 10.1 Å². The molecular weight excluding hydrogens is 334 g/mol. The molecule has 1 amide bonds. The highest BCUT2D eigenvalue weighted by Crippen LogP contribution is 2.27. The van der Waals surface area contributed by atoms with E-state index >= 15 is 0 Å². The van der Waals surface area contributed by atoms with Gasteiger partial charge in [0, 0.05) is 0 Å². The number of nitrogens with one attached hydrogen (secondary N) is 1. The first-order valence-electron chi connectivity index (χ1n) is 7.35. The van der Waals surface area contributed by atoms with Crippen molar-refractivity contribution in [3.63, 3.8) is 0 Å². The Hall–Kier alpha value is -2.54. The molecule has 4 nitrogen and oxygen atoms in total. The number of hydrogen-bond donors (Lipinski definition) is 1. The largest absolute Gasteiger partial charge is 0.478 e. The van der Waals surface area contributed by atoms with Crippen LogP contribution in [0.15, 0.2) is 42.5 Å². The number of aromatic nitrogens is 1. The molecule has 2 aromatic carbocycles. The predicted octanol–water partition coefficient (Wildman–Crippen LogP) is 4.37. The van der Waals surface area contributed by atoms with Crippen molar-refractivity contribution in [2.75, 3.05) is 5.32 Å². The molecule has 0 aliphatic carbocycles. The van der Waals surface area contributed by atoms with Gasteiger partial charge in [0.1, 0.15) is 5.82 Å². The summed E-state index contributed by atoms with van der Waals surface area (Å²) in [5.41, 5.74) is 0.597. The lowest BCUT2D eigenvalue weighted by Crippen LogP contribution is -2.32. The van der Waals surface area contributed by atoms with E-state index in [1.807, 2.05) is 0 Å². The maximum atomic E-state index is 13.7. The normalized spacial score (nSPS) is 12.1. The molecule has 0 bridgehead atoms. The van der Waals surface area contributed by atoms with Gasteiger partial charge in [-0.15, -0.1) is 0 Å². The van der Waals surface area contributed by atoms with Crippen molar-refractivity contribution in [2.24, 2.45) is 0 Å². The summed E-state index contributed by atoms with van der Waals surface area (Å²) >= 11 is 1.16. The van der Waals surface area contributed by atoms with Gasteiger partial charge in [0.05, 0.1) is 10.2 Å². The number of thiazole rings is 1. The van der Waals surface area contributed by atoms with Crippen LogP contribution in [0.25, 0.3) is 10.2 Å². The van der Waals surface area contributed by atoms with Crippen LogP contribution in [0.2, 0.25) is 0 Å². The third kappa shape index (κ3) is 3.51. The van der Waals surface area contributed by atoms with Gasteiger partial charge in [-0.05, 0) is 36.8 Å². The average Bonchev–Trinajstić information content (AvgIpc) is 2.95. The lowest BCUT2D eigenvalue weighted by molar-refractivity contribution is -0.122. The summed E-state index contributed by atoms with van der Waals surface area (Å²) in [4.78, 5) is 16.6. The Morgan fingerprint density at radius 1 is 1.29 bits per heavy atom. The van der Waals surface area contributed by atoms with Crippen LogP contribution >= 0.6 is 11.3 Å². The summed E-state index contributed by atoms with van der Waals surface area (Å²) in [5.74, 6) is -1.30.